The number of hydrogen-bond donors (Lipinski definition) is 4. The second-order valence-electron chi connectivity index (χ2n) is 7.45. The number of nitrogen functional groups attached to an aromatic ring is 1. The highest BCUT2D eigenvalue weighted by molar-refractivity contribution is 6.06. The number of amides is 2. The molecule has 3 aromatic carbocycles. The van der Waals surface area contributed by atoms with E-state index in [1.165, 1.54) is 12.1 Å². The Kier molecular flexibility index (Phi) is 4.97. The molecular weight excluding hydrogens is 383 g/mol. The fraction of sp³-hybridized carbons (Fsp3) is 0.130. The number of carbonyl (C=O) groups is 2. The Labute approximate surface area is 173 Å². The van der Waals surface area contributed by atoms with Gasteiger partial charge in [0.2, 0.25) is 5.91 Å². The molecule has 7 heteroatoms. The summed E-state index contributed by atoms with van der Waals surface area (Å²) in [7, 11) is 0. The molecule has 1 aliphatic rings. The molecule has 0 bridgehead atoms. The molecule has 6 N–H and O–H groups in total. The highest BCUT2D eigenvalue weighted by atomic mass is 19.1. The van der Waals surface area contributed by atoms with Crippen molar-refractivity contribution in [2.75, 3.05) is 16.4 Å². The van der Waals surface area contributed by atoms with E-state index < -0.39 is 5.54 Å². The molecule has 0 atom stereocenters. The van der Waals surface area contributed by atoms with Gasteiger partial charge in [0.15, 0.2) is 0 Å². The second kappa shape index (κ2) is 7.61. The van der Waals surface area contributed by atoms with E-state index in [2.05, 4.69) is 10.6 Å². The monoisotopic (exact) mass is 404 g/mol. The van der Waals surface area contributed by atoms with Crippen LogP contribution in [0.2, 0.25) is 0 Å². The average Bonchev–Trinajstić information content (AvgIpc) is 3.49. The van der Waals surface area contributed by atoms with E-state index in [9.17, 15) is 14.0 Å². The molecule has 152 valence electrons. The van der Waals surface area contributed by atoms with Gasteiger partial charge < -0.3 is 22.1 Å². The van der Waals surface area contributed by atoms with Crippen LogP contribution in [0, 0.1) is 5.82 Å². The minimum absolute atomic E-state index is 0.218. The topological polar surface area (TPSA) is 110 Å². The van der Waals surface area contributed by atoms with Crippen molar-refractivity contribution in [2.24, 2.45) is 5.73 Å². The Morgan fingerprint density at radius 1 is 0.867 bits per heavy atom. The summed E-state index contributed by atoms with van der Waals surface area (Å²) in [6.07, 6.45) is 1.36. The van der Waals surface area contributed by atoms with Crippen LogP contribution in [0.4, 0.5) is 21.5 Å². The molecule has 0 spiro atoms. The summed E-state index contributed by atoms with van der Waals surface area (Å²) in [4.78, 5) is 24.6. The van der Waals surface area contributed by atoms with Crippen molar-refractivity contribution in [1.29, 1.82) is 0 Å². The minimum atomic E-state index is -0.761. The Morgan fingerprint density at radius 3 is 2.13 bits per heavy atom. The smallest absolute Gasteiger partial charge is 0.255 e. The predicted molar refractivity (Wildman–Crippen MR) is 115 cm³/mol. The van der Waals surface area contributed by atoms with Gasteiger partial charge in [-0.2, -0.15) is 0 Å². The molecule has 0 aliphatic heterocycles. The molecule has 1 fully saturated rings. The highest BCUT2D eigenvalue weighted by Gasteiger charge is 2.45. The van der Waals surface area contributed by atoms with Crippen LogP contribution in [0.3, 0.4) is 0 Å². The van der Waals surface area contributed by atoms with Crippen LogP contribution in [0.15, 0.2) is 66.7 Å². The van der Waals surface area contributed by atoms with Gasteiger partial charge >= 0.3 is 0 Å². The Balaban J connectivity index is 1.47. The zero-order valence-electron chi connectivity index (χ0n) is 16.1. The molecule has 30 heavy (non-hydrogen) atoms. The lowest BCUT2D eigenvalue weighted by Crippen LogP contribution is -2.37. The van der Waals surface area contributed by atoms with E-state index in [1.807, 2.05) is 0 Å². The Bertz CT molecular complexity index is 1110. The van der Waals surface area contributed by atoms with E-state index in [0.29, 0.717) is 35.5 Å². The summed E-state index contributed by atoms with van der Waals surface area (Å²) in [6, 6.07) is 17.8. The summed E-state index contributed by atoms with van der Waals surface area (Å²) >= 11 is 0. The van der Waals surface area contributed by atoms with Gasteiger partial charge in [-0.25, -0.2) is 4.39 Å². The molecule has 3 aromatic rings. The molecule has 0 aromatic heterocycles. The second-order valence-corrected chi connectivity index (χ2v) is 7.45. The van der Waals surface area contributed by atoms with Gasteiger partial charge in [0.25, 0.3) is 5.91 Å². The maximum atomic E-state index is 13.2. The predicted octanol–water partition coefficient (Wildman–Crippen LogP) is 3.76. The quantitative estimate of drug-likeness (QED) is 0.485. The lowest BCUT2D eigenvalue weighted by molar-refractivity contribution is -0.118. The number of halogens is 1. The Hall–Kier alpha value is -3.71. The molecule has 0 saturated heterocycles. The summed E-state index contributed by atoms with van der Waals surface area (Å²) in [6.45, 7) is 0. The van der Waals surface area contributed by atoms with Crippen molar-refractivity contribution in [2.45, 2.75) is 18.4 Å². The number of rotatable bonds is 5. The van der Waals surface area contributed by atoms with Crippen LogP contribution in [0.25, 0.3) is 11.1 Å². The number of benzene rings is 3. The number of nitrogens with one attached hydrogen (secondary N) is 2. The van der Waals surface area contributed by atoms with Crippen LogP contribution < -0.4 is 22.1 Å². The van der Waals surface area contributed by atoms with Gasteiger partial charge in [0.1, 0.15) is 5.82 Å². The first-order valence-electron chi connectivity index (χ1n) is 9.51. The SMILES string of the molecule is Nc1ccc(-c2ccc(F)cc2)cc1NC(=O)c1ccc(NC(=O)C2(N)CC2)cc1. The normalized spacial score (nSPS) is 14.1. The third-order valence-electron chi connectivity index (χ3n) is 5.12. The third kappa shape index (κ3) is 4.16. The summed E-state index contributed by atoms with van der Waals surface area (Å²) in [5.74, 6) is -0.875. The first-order chi connectivity index (χ1) is 14.3. The van der Waals surface area contributed by atoms with Crippen molar-refractivity contribution in [3.05, 3.63) is 78.1 Å². The van der Waals surface area contributed by atoms with Gasteiger partial charge in [-0.15, -0.1) is 0 Å². The van der Waals surface area contributed by atoms with Crippen LogP contribution in [-0.2, 0) is 4.79 Å². The zero-order valence-corrected chi connectivity index (χ0v) is 16.1. The number of hydrogen-bond acceptors (Lipinski definition) is 4. The van der Waals surface area contributed by atoms with E-state index >= 15 is 0 Å². The Morgan fingerprint density at radius 2 is 1.50 bits per heavy atom. The lowest BCUT2D eigenvalue weighted by atomic mass is 10.0. The van der Waals surface area contributed by atoms with Gasteiger partial charge in [-0.1, -0.05) is 18.2 Å². The molecule has 6 nitrogen and oxygen atoms in total. The van der Waals surface area contributed by atoms with Gasteiger partial charge in [-0.3, -0.25) is 9.59 Å². The summed E-state index contributed by atoms with van der Waals surface area (Å²) in [5, 5.41) is 5.55. The minimum Gasteiger partial charge on any atom is -0.397 e. The fourth-order valence-corrected chi connectivity index (χ4v) is 3.00. The fourth-order valence-electron chi connectivity index (χ4n) is 3.00. The van der Waals surface area contributed by atoms with Crippen LogP contribution >= 0.6 is 0 Å². The first kappa shape index (κ1) is 19.6. The maximum Gasteiger partial charge on any atom is 0.255 e. The van der Waals surface area contributed by atoms with Crippen LogP contribution in [-0.4, -0.2) is 17.4 Å². The van der Waals surface area contributed by atoms with Crippen LogP contribution in [0.5, 0.6) is 0 Å². The lowest BCUT2D eigenvalue weighted by Gasteiger charge is -2.12. The van der Waals surface area contributed by atoms with Crippen molar-refractivity contribution in [3.8, 4) is 11.1 Å². The van der Waals surface area contributed by atoms with Crippen molar-refractivity contribution < 1.29 is 14.0 Å². The molecule has 0 heterocycles. The molecule has 0 radical (unpaired) electrons. The van der Waals surface area contributed by atoms with E-state index in [4.69, 9.17) is 11.5 Å². The van der Waals surface area contributed by atoms with Crippen molar-refractivity contribution in [1.82, 2.24) is 0 Å². The van der Waals surface area contributed by atoms with E-state index in [-0.39, 0.29) is 17.6 Å². The largest absolute Gasteiger partial charge is 0.397 e. The third-order valence-corrected chi connectivity index (χ3v) is 5.12. The molecule has 1 saturated carbocycles. The van der Waals surface area contributed by atoms with E-state index in [1.54, 1.807) is 54.6 Å². The van der Waals surface area contributed by atoms with Crippen LogP contribution in [0.1, 0.15) is 23.2 Å². The van der Waals surface area contributed by atoms with Gasteiger partial charge in [0.05, 0.1) is 16.9 Å². The van der Waals surface area contributed by atoms with Gasteiger partial charge in [0, 0.05) is 11.3 Å². The van der Waals surface area contributed by atoms with E-state index in [0.717, 1.165) is 11.1 Å². The molecule has 2 amide bonds. The molecule has 4 rings (SSSR count). The van der Waals surface area contributed by atoms with Crippen molar-refractivity contribution in [3.63, 3.8) is 0 Å². The number of carbonyl (C=O) groups excluding carboxylic acids is 2. The van der Waals surface area contributed by atoms with Crippen molar-refractivity contribution >= 4 is 28.9 Å². The summed E-state index contributed by atoms with van der Waals surface area (Å²) < 4.78 is 13.2. The number of anilines is 3. The zero-order chi connectivity index (χ0) is 21.3. The molecule has 1 aliphatic carbocycles. The molecule has 0 unspecified atom stereocenters. The standard InChI is InChI=1S/C23H21FN4O2/c24-17-6-1-14(2-7-17)16-5-10-19(25)20(13-16)28-21(29)15-3-8-18(9-4-15)27-22(30)23(26)11-12-23/h1-10,13H,11-12,25-26H2,(H,27,30)(H,28,29). The highest BCUT2D eigenvalue weighted by Crippen LogP contribution is 2.33. The summed E-state index contributed by atoms with van der Waals surface area (Å²) in [5.41, 5.74) is 14.6. The average molecular weight is 404 g/mol. The number of nitrogens with two attached hydrogens (primary N) is 2. The first-order valence-corrected chi connectivity index (χ1v) is 9.51. The maximum absolute atomic E-state index is 13.2. The molecular formula is C23H21FN4O2. The van der Waals surface area contributed by atoms with Gasteiger partial charge in [-0.05, 0) is 72.5 Å².